The number of carbonyl (C=O) groups excluding carboxylic acids is 1. The number of rotatable bonds is 13. The van der Waals surface area contributed by atoms with Crippen LogP contribution in [-0.2, 0) is 22.6 Å². The van der Waals surface area contributed by atoms with Crippen LogP contribution in [0.4, 0.5) is 0 Å². The van der Waals surface area contributed by atoms with Gasteiger partial charge >= 0.3 is 11.9 Å². The Morgan fingerprint density at radius 3 is 2.39 bits per heavy atom. The van der Waals surface area contributed by atoms with E-state index in [4.69, 9.17) is 14.6 Å². The van der Waals surface area contributed by atoms with E-state index in [1.807, 2.05) is 35.0 Å². The highest BCUT2D eigenvalue weighted by Gasteiger charge is 2.15. The number of benzene rings is 2. The largest absolute Gasteiger partial charge is 0.493 e. The molecule has 36 heavy (non-hydrogen) atoms. The minimum atomic E-state index is -0.933. The van der Waals surface area contributed by atoms with Gasteiger partial charge in [0.1, 0.15) is 18.1 Å². The zero-order chi connectivity index (χ0) is 26.1. The van der Waals surface area contributed by atoms with Crippen molar-refractivity contribution >= 4 is 29.2 Å². The van der Waals surface area contributed by atoms with E-state index in [2.05, 4.69) is 0 Å². The van der Waals surface area contributed by atoms with Crippen molar-refractivity contribution in [1.82, 2.24) is 4.90 Å². The summed E-state index contributed by atoms with van der Waals surface area (Å²) in [6.45, 7) is 0.347. The highest BCUT2D eigenvalue weighted by Crippen LogP contribution is 2.30. The van der Waals surface area contributed by atoms with Gasteiger partial charge in [-0.15, -0.1) is 0 Å². The predicted octanol–water partition coefficient (Wildman–Crippen LogP) is 4.96. The Bertz CT molecular complexity index is 1200. The molecule has 0 bridgehead atoms. The number of amides is 1. The highest BCUT2D eigenvalue weighted by atomic mass is 32.1. The number of carbonyl (C=O) groups is 3. The van der Waals surface area contributed by atoms with Crippen molar-refractivity contribution in [3.8, 4) is 22.6 Å². The van der Waals surface area contributed by atoms with E-state index in [9.17, 15) is 19.5 Å². The number of ether oxygens (including phenoxy) is 2. The molecule has 0 saturated heterocycles. The van der Waals surface area contributed by atoms with Crippen molar-refractivity contribution in [3.05, 3.63) is 69.9 Å². The maximum absolute atomic E-state index is 12.7. The molecule has 8 nitrogen and oxygen atoms in total. The van der Waals surface area contributed by atoms with Gasteiger partial charge in [0.05, 0.1) is 6.61 Å². The quantitative estimate of drug-likeness (QED) is 0.312. The molecule has 0 aliphatic heterocycles. The summed E-state index contributed by atoms with van der Waals surface area (Å²) in [5, 5.41) is 22.0. The second-order valence-corrected chi connectivity index (χ2v) is 9.16. The van der Waals surface area contributed by atoms with Gasteiger partial charge in [-0.2, -0.15) is 11.3 Å². The van der Waals surface area contributed by atoms with E-state index >= 15 is 0 Å². The SMILES string of the molecule is CN(C)C(=O)c1cc(OCc2cccc(OCCCC(=O)O)c2CCC(=O)O)cc(-c2ccsc2)c1. The first-order chi connectivity index (χ1) is 17.2. The summed E-state index contributed by atoms with van der Waals surface area (Å²) in [5.74, 6) is -0.948. The van der Waals surface area contributed by atoms with Crippen molar-refractivity contribution in [1.29, 1.82) is 0 Å². The Morgan fingerprint density at radius 1 is 0.944 bits per heavy atom. The van der Waals surface area contributed by atoms with Crippen LogP contribution in [0.25, 0.3) is 11.1 Å². The van der Waals surface area contributed by atoms with Crippen molar-refractivity contribution in [2.24, 2.45) is 0 Å². The predicted molar refractivity (Wildman–Crippen MR) is 137 cm³/mol. The molecule has 0 radical (unpaired) electrons. The van der Waals surface area contributed by atoms with E-state index in [0.717, 1.165) is 16.7 Å². The standard InChI is InChI=1S/C27H29NO7S/c1-28(2)27(33)21-13-20(19-10-12-36-17-19)14-22(15-21)35-16-18-5-3-6-24(23(18)8-9-26(31)32)34-11-4-7-25(29)30/h3,5-6,10,12-15,17H,4,7-9,11,16H2,1-2H3,(H,29,30)(H,31,32). The molecule has 1 aromatic heterocycles. The molecular formula is C27H29NO7S. The van der Waals surface area contributed by atoms with E-state index < -0.39 is 11.9 Å². The Labute approximate surface area is 213 Å². The van der Waals surface area contributed by atoms with E-state index in [0.29, 0.717) is 29.0 Å². The number of carboxylic acids is 2. The number of hydrogen-bond donors (Lipinski definition) is 2. The molecule has 0 fully saturated rings. The molecule has 9 heteroatoms. The lowest BCUT2D eigenvalue weighted by Gasteiger charge is -2.17. The maximum Gasteiger partial charge on any atom is 0.303 e. The average molecular weight is 512 g/mol. The summed E-state index contributed by atoms with van der Waals surface area (Å²) in [6, 6.07) is 12.8. The summed E-state index contributed by atoms with van der Waals surface area (Å²) in [5.41, 5.74) is 3.81. The molecule has 0 unspecified atom stereocenters. The Hall–Kier alpha value is -3.85. The second kappa shape index (κ2) is 12.7. The first-order valence-corrected chi connectivity index (χ1v) is 12.4. The molecule has 2 N–H and O–H groups in total. The molecule has 3 rings (SSSR count). The van der Waals surface area contributed by atoms with Crippen molar-refractivity contribution < 1.29 is 34.1 Å². The summed E-state index contributed by atoms with van der Waals surface area (Å²) in [6.07, 6.45) is 0.480. The third-order valence-corrected chi connectivity index (χ3v) is 6.10. The molecule has 0 aliphatic rings. The number of nitrogens with zero attached hydrogens (tertiary/aromatic N) is 1. The molecule has 0 atom stereocenters. The van der Waals surface area contributed by atoms with Crippen LogP contribution in [0.3, 0.4) is 0 Å². The number of thiophene rings is 1. The lowest BCUT2D eigenvalue weighted by molar-refractivity contribution is -0.138. The number of hydrogen-bond acceptors (Lipinski definition) is 6. The smallest absolute Gasteiger partial charge is 0.303 e. The minimum Gasteiger partial charge on any atom is -0.493 e. The number of aliphatic carboxylic acids is 2. The van der Waals surface area contributed by atoms with Crippen molar-refractivity contribution in [2.45, 2.75) is 32.3 Å². The average Bonchev–Trinajstić information content (AvgIpc) is 3.39. The van der Waals surface area contributed by atoms with Crippen LogP contribution in [0.1, 0.15) is 40.7 Å². The van der Waals surface area contributed by atoms with Gasteiger partial charge in [0.25, 0.3) is 5.91 Å². The summed E-state index contributed by atoms with van der Waals surface area (Å²) >= 11 is 1.56. The Morgan fingerprint density at radius 2 is 1.72 bits per heavy atom. The van der Waals surface area contributed by atoms with Gasteiger partial charge in [0, 0.05) is 38.1 Å². The van der Waals surface area contributed by atoms with E-state index in [-0.39, 0.29) is 38.4 Å². The molecule has 0 saturated carbocycles. The van der Waals surface area contributed by atoms with Gasteiger partial charge in [-0.3, -0.25) is 14.4 Å². The van der Waals surface area contributed by atoms with Crippen LogP contribution < -0.4 is 9.47 Å². The number of carboxylic acid groups (broad SMARTS) is 2. The van der Waals surface area contributed by atoms with Crippen molar-refractivity contribution in [2.75, 3.05) is 20.7 Å². The lowest BCUT2D eigenvalue weighted by atomic mass is 10.0. The lowest BCUT2D eigenvalue weighted by Crippen LogP contribution is -2.21. The fourth-order valence-corrected chi connectivity index (χ4v) is 4.29. The van der Waals surface area contributed by atoms with Gasteiger partial charge in [-0.1, -0.05) is 12.1 Å². The van der Waals surface area contributed by atoms with E-state index in [1.54, 1.807) is 43.6 Å². The Balaban J connectivity index is 1.86. The molecule has 190 valence electrons. The first kappa shape index (κ1) is 26.7. The summed E-state index contributed by atoms with van der Waals surface area (Å²) < 4.78 is 11.9. The fraction of sp³-hybridized carbons (Fsp3) is 0.296. The van der Waals surface area contributed by atoms with Crippen LogP contribution in [-0.4, -0.2) is 53.7 Å². The third-order valence-electron chi connectivity index (χ3n) is 5.42. The van der Waals surface area contributed by atoms with Crippen LogP contribution >= 0.6 is 11.3 Å². The molecule has 0 spiro atoms. The topological polar surface area (TPSA) is 113 Å². The third kappa shape index (κ3) is 7.58. The Kier molecular flexibility index (Phi) is 9.46. The van der Waals surface area contributed by atoms with Crippen LogP contribution in [0.5, 0.6) is 11.5 Å². The molecule has 2 aromatic carbocycles. The normalized spacial score (nSPS) is 10.6. The zero-order valence-corrected chi connectivity index (χ0v) is 21.0. The molecule has 0 aliphatic carbocycles. The van der Waals surface area contributed by atoms with Gasteiger partial charge in [-0.25, -0.2) is 0 Å². The fourth-order valence-electron chi connectivity index (χ4n) is 3.62. The van der Waals surface area contributed by atoms with Crippen molar-refractivity contribution in [3.63, 3.8) is 0 Å². The van der Waals surface area contributed by atoms with Gasteiger partial charge < -0.3 is 24.6 Å². The molecular weight excluding hydrogens is 482 g/mol. The maximum atomic E-state index is 12.7. The molecule has 1 heterocycles. The summed E-state index contributed by atoms with van der Waals surface area (Å²) in [7, 11) is 3.38. The van der Waals surface area contributed by atoms with Gasteiger partial charge in [0.2, 0.25) is 0 Å². The van der Waals surface area contributed by atoms with Gasteiger partial charge in [-0.05, 0) is 70.6 Å². The zero-order valence-electron chi connectivity index (χ0n) is 20.2. The molecule has 1 amide bonds. The minimum absolute atomic E-state index is 0.0122. The van der Waals surface area contributed by atoms with Crippen LogP contribution in [0.2, 0.25) is 0 Å². The second-order valence-electron chi connectivity index (χ2n) is 8.38. The first-order valence-electron chi connectivity index (χ1n) is 11.4. The highest BCUT2D eigenvalue weighted by molar-refractivity contribution is 7.08. The molecule has 3 aromatic rings. The van der Waals surface area contributed by atoms with Gasteiger partial charge in [0.15, 0.2) is 0 Å². The van der Waals surface area contributed by atoms with E-state index in [1.165, 1.54) is 4.90 Å². The van der Waals surface area contributed by atoms with Crippen LogP contribution in [0.15, 0.2) is 53.2 Å². The van der Waals surface area contributed by atoms with Crippen LogP contribution in [0, 0.1) is 0 Å². The summed E-state index contributed by atoms with van der Waals surface area (Å²) in [4.78, 5) is 36.2. The monoisotopic (exact) mass is 511 g/mol.